The molecule has 0 spiro atoms. The first-order valence-corrected chi connectivity index (χ1v) is 13.1. The maximum atomic E-state index is 13.8. The second-order valence-electron chi connectivity index (χ2n) is 7.56. The van der Waals surface area contributed by atoms with Crippen LogP contribution in [0.4, 0.5) is 13.2 Å². The fraction of sp³-hybridized carbons (Fsp3) is 0.286. The third kappa shape index (κ3) is 4.51. The number of esters is 1. The highest BCUT2D eigenvalue weighted by Crippen LogP contribution is 2.46. The Bertz CT molecular complexity index is 1550. The van der Waals surface area contributed by atoms with Crippen LogP contribution in [0.5, 0.6) is 23.0 Å². The maximum absolute atomic E-state index is 13.8. The molecule has 17 heteroatoms. The molecule has 2 aromatic carbocycles. The summed E-state index contributed by atoms with van der Waals surface area (Å²) in [6, 6.07) is 6.00. The zero-order chi connectivity index (χ0) is 28.0. The number of alkyl halides is 3. The van der Waals surface area contributed by atoms with Gasteiger partial charge in [0.25, 0.3) is 10.0 Å². The van der Waals surface area contributed by atoms with E-state index in [0.29, 0.717) is 10.1 Å². The molecule has 38 heavy (non-hydrogen) atoms. The Labute approximate surface area is 214 Å². The van der Waals surface area contributed by atoms with Crippen LogP contribution in [0.15, 0.2) is 40.9 Å². The Hall–Kier alpha value is -3.86. The zero-order valence-electron chi connectivity index (χ0n) is 19.7. The van der Waals surface area contributed by atoms with Crippen molar-refractivity contribution in [2.45, 2.75) is 16.9 Å². The summed E-state index contributed by atoms with van der Waals surface area (Å²) in [6.45, 7) is -0.771. The molecule has 0 saturated heterocycles. The van der Waals surface area contributed by atoms with Crippen LogP contribution in [0.2, 0.25) is 0 Å². The third-order valence-corrected chi connectivity index (χ3v) is 8.12. The number of carbonyl (C=O) groups is 1. The van der Waals surface area contributed by atoms with Crippen molar-refractivity contribution in [2.75, 3.05) is 28.1 Å². The summed E-state index contributed by atoms with van der Waals surface area (Å²) in [5, 5.41) is 0. The molecule has 12 nitrogen and oxygen atoms in total. The lowest BCUT2D eigenvalue weighted by Crippen LogP contribution is -2.39. The number of fused-ring (bicyclic) bond motifs is 2. The molecule has 0 unspecified atom stereocenters. The van der Waals surface area contributed by atoms with E-state index in [1.807, 2.05) is 0 Å². The molecule has 2 aliphatic rings. The average Bonchev–Trinajstić information content (AvgIpc) is 3.33. The Morgan fingerprint density at radius 3 is 2.26 bits per heavy atom. The topological polar surface area (TPSA) is 144 Å². The van der Waals surface area contributed by atoms with Crippen molar-refractivity contribution in [3.05, 3.63) is 47.2 Å². The highest BCUT2D eigenvalue weighted by molar-refractivity contribution is 7.89. The van der Waals surface area contributed by atoms with Crippen molar-refractivity contribution >= 4 is 31.9 Å². The predicted octanol–water partition coefficient (Wildman–Crippen LogP) is 2.34. The molecule has 0 aliphatic carbocycles. The summed E-state index contributed by atoms with van der Waals surface area (Å²) < 4.78 is 122. The van der Waals surface area contributed by atoms with E-state index in [9.17, 15) is 34.8 Å². The molecule has 0 saturated carbocycles. The second kappa shape index (κ2) is 9.46. The number of benzene rings is 2. The number of ether oxygens (including phenoxy) is 5. The van der Waals surface area contributed by atoms with Gasteiger partial charge in [-0.3, -0.25) is 4.31 Å². The minimum atomic E-state index is -6.39. The predicted molar refractivity (Wildman–Crippen MR) is 120 cm³/mol. The molecule has 0 fully saturated rings. The van der Waals surface area contributed by atoms with Gasteiger partial charge in [-0.15, -0.1) is 0 Å². The molecular weight excluding hydrogens is 563 g/mol. The number of hydrogen-bond donors (Lipinski definition) is 0. The van der Waals surface area contributed by atoms with Gasteiger partial charge in [0, 0.05) is 11.6 Å². The van der Waals surface area contributed by atoms with Gasteiger partial charge < -0.3 is 27.9 Å². The number of halogens is 3. The van der Waals surface area contributed by atoms with Gasteiger partial charge in [0.1, 0.15) is 4.90 Å². The van der Waals surface area contributed by atoms with Crippen molar-refractivity contribution in [3.8, 4) is 23.0 Å². The fourth-order valence-corrected chi connectivity index (χ4v) is 5.75. The van der Waals surface area contributed by atoms with Gasteiger partial charge in [-0.05, 0) is 23.8 Å². The van der Waals surface area contributed by atoms with E-state index in [2.05, 4.69) is 8.92 Å². The molecular formula is C21H18F3NO11S2. The van der Waals surface area contributed by atoms with Crippen molar-refractivity contribution in [2.24, 2.45) is 0 Å². The van der Waals surface area contributed by atoms with Gasteiger partial charge in [0.05, 0.1) is 27.9 Å². The van der Waals surface area contributed by atoms with Gasteiger partial charge in [-0.2, -0.15) is 21.6 Å². The first-order chi connectivity index (χ1) is 17.7. The molecule has 2 aliphatic heterocycles. The fourth-order valence-electron chi connectivity index (χ4n) is 3.63. The van der Waals surface area contributed by atoms with Crippen molar-refractivity contribution in [3.63, 3.8) is 0 Å². The number of hydrogen-bond acceptors (Lipinski definition) is 11. The van der Waals surface area contributed by atoms with Crippen LogP contribution in [0.3, 0.4) is 0 Å². The standard InChI is InChI=1S/C21H18F3NO11S2/c1-31-14-7-12-17(8-15(14)32-2)37(27,28)25(9-11-4-5-13-16(6-11)35-10-34-13)18(20(26)33-3)19(12)36-38(29,30)21(22,23)24/h4-8H,9-10H2,1-3H3. The van der Waals surface area contributed by atoms with Gasteiger partial charge in [-0.1, -0.05) is 6.07 Å². The van der Waals surface area contributed by atoms with Crippen LogP contribution in [0.25, 0.3) is 5.76 Å². The van der Waals surface area contributed by atoms with Crippen LogP contribution in [0.1, 0.15) is 11.1 Å². The molecule has 0 N–H and O–H groups in total. The van der Waals surface area contributed by atoms with Crippen LogP contribution in [-0.4, -0.2) is 60.7 Å². The molecule has 0 bridgehead atoms. The first kappa shape index (κ1) is 27.2. The number of rotatable bonds is 7. The van der Waals surface area contributed by atoms with Gasteiger partial charge >= 0.3 is 21.6 Å². The van der Waals surface area contributed by atoms with Crippen molar-refractivity contribution in [1.82, 2.24) is 4.31 Å². The van der Waals surface area contributed by atoms with Crippen LogP contribution in [-0.2, 0) is 40.4 Å². The highest BCUT2D eigenvalue weighted by Gasteiger charge is 2.52. The van der Waals surface area contributed by atoms with E-state index in [1.54, 1.807) is 0 Å². The van der Waals surface area contributed by atoms with Crippen molar-refractivity contribution in [1.29, 1.82) is 0 Å². The molecule has 2 aromatic rings. The lowest BCUT2D eigenvalue weighted by atomic mass is 10.1. The van der Waals surface area contributed by atoms with E-state index in [-0.39, 0.29) is 29.6 Å². The minimum Gasteiger partial charge on any atom is -0.493 e. The highest BCUT2D eigenvalue weighted by atomic mass is 32.2. The Morgan fingerprint density at radius 2 is 1.66 bits per heavy atom. The summed E-state index contributed by atoms with van der Waals surface area (Å²) >= 11 is 0. The second-order valence-corrected chi connectivity index (χ2v) is 10.9. The van der Waals surface area contributed by atoms with Crippen LogP contribution in [0, 0.1) is 0 Å². The lowest BCUT2D eigenvalue weighted by molar-refractivity contribution is -0.137. The average molecular weight is 581 g/mol. The first-order valence-electron chi connectivity index (χ1n) is 10.3. The molecule has 0 radical (unpaired) electrons. The monoisotopic (exact) mass is 581 g/mol. The summed E-state index contributed by atoms with van der Waals surface area (Å²) in [7, 11) is -8.02. The molecule has 206 valence electrons. The lowest BCUT2D eigenvalue weighted by Gasteiger charge is -2.32. The van der Waals surface area contributed by atoms with Gasteiger partial charge in [-0.25, -0.2) is 13.2 Å². The van der Waals surface area contributed by atoms with Crippen molar-refractivity contribution < 1.29 is 62.7 Å². The van der Waals surface area contributed by atoms with Crippen LogP contribution >= 0.6 is 0 Å². The molecule has 4 rings (SSSR count). The minimum absolute atomic E-state index is 0.101. The molecule has 0 amide bonds. The third-order valence-electron chi connectivity index (χ3n) is 5.38. The number of methoxy groups -OCH3 is 3. The SMILES string of the molecule is COC(=O)C1=C(OS(=O)(=O)C(F)(F)F)c2cc(OC)c(OC)cc2S(=O)(=O)N1Cc1ccc2c(c1)OCO2. The van der Waals surface area contributed by atoms with E-state index in [1.165, 1.54) is 25.3 Å². The van der Waals surface area contributed by atoms with E-state index < -0.39 is 60.1 Å². The Balaban J connectivity index is 2.02. The van der Waals surface area contributed by atoms with E-state index >= 15 is 0 Å². The number of sulfonamides is 1. The Morgan fingerprint density at radius 1 is 1.03 bits per heavy atom. The summed E-state index contributed by atoms with van der Waals surface area (Å²) in [6.07, 6.45) is 0. The number of carbonyl (C=O) groups excluding carboxylic acids is 1. The Kier molecular flexibility index (Phi) is 6.77. The summed E-state index contributed by atoms with van der Waals surface area (Å²) in [5.41, 5.74) is -7.56. The van der Waals surface area contributed by atoms with Gasteiger partial charge in [0.15, 0.2) is 34.5 Å². The molecule has 0 aromatic heterocycles. The summed E-state index contributed by atoms with van der Waals surface area (Å²) in [5.74, 6) is -2.51. The normalized spacial score (nSPS) is 16.1. The van der Waals surface area contributed by atoms with E-state index in [0.717, 1.165) is 26.4 Å². The summed E-state index contributed by atoms with van der Waals surface area (Å²) in [4.78, 5) is 12.1. The smallest absolute Gasteiger partial charge is 0.493 e. The van der Waals surface area contributed by atoms with Gasteiger partial charge in [0.2, 0.25) is 6.79 Å². The largest absolute Gasteiger partial charge is 0.534 e. The number of nitrogens with zero attached hydrogens (tertiary/aromatic N) is 1. The zero-order valence-corrected chi connectivity index (χ0v) is 21.3. The quantitative estimate of drug-likeness (QED) is 0.270. The molecule has 0 atom stereocenters. The maximum Gasteiger partial charge on any atom is 0.534 e. The van der Waals surface area contributed by atoms with Crippen LogP contribution < -0.4 is 18.9 Å². The van der Waals surface area contributed by atoms with E-state index in [4.69, 9.17) is 18.9 Å². The molecule has 2 heterocycles.